The molecule has 6 nitrogen and oxygen atoms in total. The second kappa shape index (κ2) is 8.12. The zero-order chi connectivity index (χ0) is 23.4. The van der Waals surface area contributed by atoms with Gasteiger partial charge in [-0.15, -0.1) is 0 Å². The van der Waals surface area contributed by atoms with E-state index < -0.39 is 0 Å². The maximum Gasteiger partial charge on any atom is 0.261 e. The molecular formula is C28H29N3O3. The van der Waals surface area contributed by atoms with E-state index in [1.165, 1.54) is 28.0 Å². The largest absolute Gasteiger partial charge is 0.358 e. The predicted octanol–water partition coefficient (Wildman–Crippen LogP) is 4.44. The van der Waals surface area contributed by atoms with Crippen LogP contribution < -0.4 is 0 Å². The first-order valence-electron chi connectivity index (χ1n) is 12.4. The number of carbonyl (C=O) groups is 3. The Morgan fingerprint density at radius 2 is 1.71 bits per heavy atom. The highest BCUT2D eigenvalue weighted by Gasteiger charge is 2.37. The molecule has 1 fully saturated rings. The third-order valence-electron chi connectivity index (χ3n) is 7.90. The molecule has 1 unspecified atom stereocenters. The van der Waals surface area contributed by atoms with E-state index in [4.69, 9.17) is 0 Å². The lowest BCUT2D eigenvalue weighted by atomic mass is 9.87. The van der Waals surface area contributed by atoms with Crippen LogP contribution in [0.25, 0.3) is 10.9 Å². The summed E-state index contributed by atoms with van der Waals surface area (Å²) in [5.41, 5.74) is 5.56. The predicted molar refractivity (Wildman–Crippen MR) is 130 cm³/mol. The Kier molecular flexibility index (Phi) is 5.05. The molecule has 0 spiro atoms. The van der Waals surface area contributed by atoms with Crippen LogP contribution in [0.4, 0.5) is 0 Å². The lowest BCUT2D eigenvalue weighted by Gasteiger charge is -2.33. The lowest BCUT2D eigenvalue weighted by Crippen LogP contribution is -2.42. The van der Waals surface area contributed by atoms with Gasteiger partial charge in [-0.3, -0.25) is 19.3 Å². The highest BCUT2D eigenvalue weighted by atomic mass is 16.2. The van der Waals surface area contributed by atoms with Gasteiger partial charge in [0.2, 0.25) is 0 Å². The van der Waals surface area contributed by atoms with Gasteiger partial charge in [-0.2, -0.15) is 0 Å². The van der Waals surface area contributed by atoms with Gasteiger partial charge < -0.3 is 9.88 Å². The molecule has 3 amide bonds. The quantitative estimate of drug-likeness (QED) is 0.594. The number of imide groups is 1. The van der Waals surface area contributed by atoms with Crippen molar-refractivity contribution in [3.63, 3.8) is 0 Å². The lowest BCUT2D eigenvalue weighted by molar-refractivity contribution is 0.0557. The molecule has 1 N–H and O–H groups in total. The van der Waals surface area contributed by atoms with E-state index in [-0.39, 0.29) is 23.6 Å². The molecule has 0 saturated carbocycles. The Labute approximate surface area is 198 Å². The van der Waals surface area contributed by atoms with Crippen molar-refractivity contribution in [1.29, 1.82) is 0 Å². The Morgan fingerprint density at radius 1 is 1.00 bits per heavy atom. The van der Waals surface area contributed by atoms with Crippen molar-refractivity contribution in [2.75, 3.05) is 19.6 Å². The summed E-state index contributed by atoms with van der Waals surface area (Å²) in [7, 11) is 0. The van der Waals surface area contributed by atoms with Gasteiger partial charge in [-0.25, -0.2) is 0 Å². The van der Waals surface area contributed by atoms with Crippen molar-refractivity contribution >= 4 is 28.6 Å². The van der Waals surface area contributed by atoms with Gasteiger partial charge >= 0.3 is 0 Å². The molecule has 0 radical (unpaired) electrons. The van der Waals surface area contributed by atoms with E-state index in [1.807, 2.05) is 17.0 Å². The number of aromatic nitrogens is 1. The van der Waals surface area contributed by atoms with E-state index in [0.29, 0.717) is 36.7 Å². The molecule has 174 valence electrons. The molecular weight excluding hydrogens is 426 g/mol. The summed E-state index contributed by atoms with van der Waals surface area (Å²) in [6, 6.07) is 13.1. The molecule has 1 aliphatic carbocycles. The first-order chi connectivity index (χ1) is 16.5. The number of hydrogen-bond acceptors (Lipinski definition) is 3. The number of rotatable bonds is 3. The van der Waals surface area contributed by atoms with Crippen LogP contribution in [0.5, 0.6) is 0 Å². The molecule has 2 aliphatic heterocycles. The average Bonchev–Trinajstić information content (AvgIpc) is 3.34. The van der Waals surface area contributed by atoms with Gasteiger partial charge in [-0.05, 0) is 79.8 Å². The Balaban J connectivity index is 1.12. The molecule has 0 bridgehead atoms. The van der Waals surface area contributed by atoms with Crippen LogP contribution in [0.3, 0.4) is 0 Å². The van der Waals surface area contributed by atoms with E-state index in [0.717, 1.165) is 36.8 Å². The number of fused-ring (bicyclic) bond motifs is 4. The molecule has 6 heteroatoms. The second-order valence-electron chi connectivity index (χ2n) is 10.2. The summed E-state index contributed by atoms with van der Waals surface area (Å²) >= 11 is 0. The van der Waals surface area contributed by atoms with Crippen LogP contribution in [-0.2, 0) is 12.8 Å². The second-order valence-corrected chi connectivity index (χ2v) is 10.2. The minimum Gasteiger partial charge on any atom is -0.358 e. The zero-order valence-electron chi connectivity index (χ0n) is 19.5. The SMILES string of the molecule is CC1CCc2[nH]c3ccc(C(=O)N4CCC(CN5C(=O)c6ccccc6C5=O)CC4)cc3c2C1. The van der Waals surface area contributed by atoms with Gasteiger partial charge in [0.15, 0.2) is 0 Å². The summed E-state index contributed by atoms with van der Waals surface area (Å²) in [4.78, 5) is 45.5. The van der Waals surface area contributed by atoms with Crippen LogP contribution >= 0.6 is 0 Å². The minimum atomic E-state index is -0.198. The van der Waals surface area contributed by atoms with Crippen LogP contribution in [0, 0.1) is 11.8 Å². The number of aromatic amines is 1. The number of hydrogen-bond donors (Lipinski definition) is 1. The summed E-state index contributed by atoms with van der Waals surface area (Å²) in [6.45, 7) is 4.01. The maximum absolute atomic E-state index is 13.3. The number of nitrogens with one attached hydrogen (secondary N) is 1. The molecule has 6 rings (SSSR count). The number of aryl methyl sites for hydroxylation is 1. The fraction of sp³-hybridized carbons (Fsp3) is 0.393. The Hall–Kier alpha value is -3.41. The summed E-state index contributed by atoms with van der Waals surface area (Å²) < 4.78 is 0. The normalized spacial score (nSPS) is 20.7. The van der Waals surface area contributed by atoms with Gasteiger partial charge in [0.25, 0.3) is 17.7 Å². The van der Waals surface area contributed by atoms with Crippen LogP contribution in [-0.4, -0.2) is 52.1 Å². The van der Waals surface area contributed by atoms with Crippen molar-refractivity contribution in [2.24, 2.45) is 11.8 Å². The van der Waals surface area contributed by atoms with Crippen molar-refractivity contribution in [3.8, 4) is 0 Å². The van der Waals surface area contributed by atoms with Crippen LogP contribution in [0.2, 0.25) is 0 Å². The van der Waals surface area contributed by atoms with E-state index in [2.05, 4.69) is 18.0 Å². The maximum atomic E-state index is 13.3. The number of amides is 3. The van der Waals surface area contributed by atoms with Crippen molar-refractivity contribution < 1.29 is 14.4 Å². The van der Waals surface area contributed by atoms with E-state index >= 15 is 0 Å². The topological polar surface area (TPSA) is 73.5 Å². The van der Waals surface area contributed by atoms with E-state index in [9.17, 15) is 14.4 Å². The molecule has 3 aromatic rings. The average molecular weight is 456 g/mol. The van der Waals surface area contributed by atoms with Gasteiger partial charge in [-0.1, -0.05) is 19.1 Å². The third kappa shape index (κ3) is 3.44. The molecule has 2 aromatic carbocycles. The smallest absolute Gasteiger partial charge is 0.261 e. The molecule has 3 aliphatic rings. The highest BCUT2D eigenvalue weighted by Crippen LogP contribution is 2.33. The summed E-state index contributed by atoms with van der Waals surface area (Å²) in [5, 5.41) is 1.19. The Morgan fingerprint density at radius 3 is 2.41 bits per heavy atom. The molecule has 3 heterocycles. The number of H-pyrrole nitrogens is 1. The fourth-order valence-electron chi connectivity index (χ4n) is 5.89. The van der Waals surface area contributed by atoms with Gasteiger partial charge in [0.05, 0.1) is 11.1 Å². The molecule has 1 aromatic heterocycles. The Bertz CT molecular complexity index is 1280. The third-order valence-corrected chi connectivity index (χ3v) is 7.90. The van der Waals surface area contributed by atoms with Crippen molar-refractivity contribution in [2.45, 2.75) is 39.0 Å². The van der Waals surface area contributed by atoms with Crippen molar-refractivity contribution in [1.82, 2.24) is 14.8 Å². The number of nitrogens with zero attached hydrogens (tertiary/aromatic N) is 2. The molecule has 34 heavy (non-hydrogen) atoms. The van der Waals surface area contributed by atoms with Crippen LogP contribution in [0.15, 0.2) is 42.5 Å². The molecule has 1 atom stereocenters. The van der Waals surface area contributed by atoms with Crippen LogP contribution in [0.1, 0.15) is 68.5 Å². The highest BCUT2D eigenvalue weighted by molar-refractivity contribution is 6.21. The van der Waals surface area contributed by atoms with E-state index in [1.54, 1.807) is 24.3 Å². The van der Waals surface area contributed by atoms with Gasteiger partial charge in [0.1, 0.15) is 0 Å². The standard InChI is InChI=1S/C28H29N3O3/c1-17-6-8-24-22(14-17)23-15-19(7-9-25(23)29-24)26(32)30-12-10-18(11-13-30)16-31-27(33)20-4-2-3-5-21(20)28(31)34/h2-5,7,9,15,17-18,29H,6,8,10-14,16H2,1H3. The fourth-order valence-corrected chi connectivity index (χ4v) is 5.89. The minimum absolute atomic E-state index is 0.0693. The number of piperidine rings is 1. The van der Waals surface area contributed by atoms with Gasteiger partial charge in [0, 0.05) is 41.8 Å². The monoisotopic (exact) mass is 455 g/mol. The number of carbonyl (C=O) groups excluding carboxylic acids is 3. The summed E-state index contributed by atoms with van der Waals surface area (Å²) in [6.07, 6.45) is 4.93. The number of benzene rings is 2. The number of likely N-dealkylation sites (tertiary alicyclic amines) is 1. The molecule has 1 saturated heterocycles. The zero-order valence-corrected chi connectivity index (χ0v) is 19.5. The first kappa shape index (κ1) is 21.1. The summed E-state index contributed by atoms with van der Waals surface area (Å²) in [5.74, 6) is 0.562. The van der Waals surface area contributed by atoms with Crippen molar-refractivity contribution in [3.05, 3.63) is 70.4 Å². The first-order valence-corrected chi connectivity index (χ1v) is 12.4.